The van der Waals surface area contributed by atoms with Gasteiger partial charge < -0.3 is 10.1 Å². The van der Waals surface area contributed by atoms with Crippen molar-refractivity contribution >= 4 is 0 Å². The third kappa shape index (κ3) is 4.10. The molecule has 0 radical (unpaired) electrons. The van der Waals surface area contributed by atoms with Crippen LogP contribution in [0.4, 0.5) is 4.39 Å². The molecule has 0 aliphatic heterocycles. The Kier molecular flexibility index (Phi) is 5.59. The van der Waals surface area contributed by atoms with Gasteiger partial charge in [-0.2, -0.15) is 0 Å². The van der Waals surface area contributed by atoms with Gasteiger partial charge in [-0.3, -0.25) is 0 Å². The maximum atomic E-state index is 13.0. The Labute approximate surface area is 103 Å². The molecule has 0 fully saturated rings. The van der Waals surface area contributed by atoms with Crippen molar-refractivity contribution in [1.29, 1.82) is 0 Å². The van der Waals surface area contributed by atoms with Crippen LogP contribution in [0.15, 0.2) is 18.2 Å². The summed E-state index contributed by atoms with van der Waals surface area (Å²) in [7, 11) is 3.66. The van der Waals surface area contributed by atoms with E-state index in [1.165, 1.54) is 6.07 Å². The van der Waals surface area contributed by atoms with Crippen LogP contribution in [0.3, 0.4) is 0 Å². The van der Waals surface area contributed by atoms with E-state index >= 15 is 0 Å². The fraction of sp³-hybridized carbons (Fsp3) is 0.571. The summed E-state index contributed by atoms with van der Waals surface area (Å²) in [5.74, 6) is -0.175. The minimum atomic E-state index is -0.175. The lowest BCUT2D eigenvalue weighted by molar-refractivity contribution is 0.106. The molecule has 0 spiro atoms. The minimum absolute atomic E-state index is 0.175. The first-order chi connectivity index (χ1) is 8.08. The van der Waals surface area contributed by atoms with Crippen LogP contribution >= 0.6 is 0 Å². The molecule has 17 heavy (non-hydrogen) atoms. The van der Waals surface area contributed by atoms with Gasteiger partial charge in [-0.25, -0.2) is 4.39 Å². The molecule has 0 amide bonds. The van der Waals surface area contributed by atoms with Gasteiger partial charge in [0.1, 0.15) is 5.82 Å². The first-order valence-corrected chi connectivity index (χ1v) is 6.04. The molecule has 2 atom stereocenters. The van der Waals surface area contributed by atoms with Crippen LogP contribution in [-0.2, 0) is 4.74 Å². The lowest BCUT2D eigenvalue weighted by Gasteiger charge is -2.20. The number of nitrogens with one attached hydrogen (secondary N) is 1. The highest BCUT2D eigenvalue weighted by Crippen LogP contribution is 2.23. The first-order valence-electron chi connectivity index (χ1n) is 6.04. The highest BCUT2D eigenvalue weighted by atomic mass is 19.1. The van der Waals surface area contributed by atoms with Gasteiger partial charge in [0, 0.05) is 13.2 Å². The molecule has 0 saturated heterocycles. The Balaban J connectivity index is 2.72. The summed E-state index contributed by atoms with van der Waals surface area (Å²) in [6.45, 7) is 4.01. The third-order valence-corrected chi connectivity index (χ3v) is 3.22. The van der Waals surface area contributed by atoms with E-state index in [0.717, 1.165) is 24.0 Å². The van der Waals surface area contributed by atoms with Gasteiger partial charge in [-0.05, 0) is 57.0 Å². The van der Waals surface area contributed by atoms with Crippen LogP contribution in [0.1, 0.15) is 36.9 Å². The highest BCUT2D eigenvalue weighted by molar-refractivity contribution is 5.29. The predicted octanol–water partition coefficient (Wildman–Crippen LogP) is 3.21. The van der Waals surface area contributed by atoms with Crippen molar-refractivity contribution in [3.05, 3.63) is 35.1 Å². The van der Waals surface area contributed by atoms with Crippen LogP contribution in [0.5, 0.6) is 0 Å². The lowest BCUT2D eigenvalue weighted by Crippen LogP contribution is -2.19. The van der Waals surface area contributed by atoms with Crippen LogP contribution < -0.4 is 5.32 Å². The van der Waals surface area contributed by atoms with Crippen molar-refractivity contribution in [2.24, 2.45) is 0 Å². The number of ether oxygens (including phenoxy) is 1. The molecule has 0 bridgehead atoms. The molecule has 2 unspecified atom stereocenters. The summed E-state index contributed by atoms with van der Waals surface area (Å²) in [5.41, 5.74) is 2.16. The number of aryl methyl sites for hydroxylation is 1. The number of hydrogen-bond acceptors (Lipinski definition) is 2. The van der Waals surface area contributed by atoms with Crippen LogP contribution in [0.2, 0.25) is 0 Å². The number of methoxy groups -OCH3 is 1. The quantitative estimate of drug-likeness (QED) is 0.823. The van der Waals surface area contributed by atoms with Gasteiger partial charge >= 0.3 is 0 Å². The highest BCUT2D eigenvalue weighted by Gasteiger charge is 2.13. The smallest absolute Gasteiger partial charge is 0.123 e. The summed E-state index contributed by atoms with van der Waals surface area (Å²) < 4.78 is 18.3. The maximum absolute atomic E-state index is 13.0. The molecular weight excluding hydrogens is 217 g/mol. The third-order valence-electron chi connectivity index (χ3n) is 3.22. The number of hydrogen-bond donors (Lipinski definition) is 1. The Morgan fingerprint density at radius 2 is 2.06 bits per heavy atom. The topological polar surface area (TPSA) is 21.3 Å². The van der Waals surface area contributed by atoms with E-state index < -0.39 is 0 Å². The molecular formula is C14H22FNO. The first kappa shape index (κ1) is 14.1. The minimum Gasteiger partial charge on any atom is -0.382 e. The molecule has 3 heteroatoms. The Morgan fingerprint density at radius 1 is 1.35 bits per heavy atom. The normalized spacial score (nSPS) is 14.6. The summed E-state index contributed by atoms with van der Waals surface area (Å²) >= 11 is 0. The second kappa shape index (κ2) is 6.72. The maximum Gasteiger partial charge on any atom is 0.123 e. The van der Waals surface area contributed by atoms with Crippen molar-refractivity contribution in [3.63, 3.8) is 0 Å². The standard InChI is InChI=1S/C14H22FNO/c1-10-9-12(15)6-7-13(10)14(16-3)8-5-11(2)17-4/h6-7,9,11,14,16H,5,8H2,1-4H3. The predicted molar refractivity (Wildman–Crippen MR) is 68.6 cm³/mol. The summed E-state index contributed by atoms with van der Waals surface area (Å²) in [5, 5.41) is 3.28. The Hall–Kier alpha value is -0.930. The number of rotatable bonds is 6. The Morgan fingerprint density at radius 3 is 2.59 bits per heavy atom. The van der Waals surface area contributed by atoms with Gasteiger partial charge in [0.25, 0.3) is 0 Å². The number of benzene rings is 1. The molecule has 0 aromatic heterocycles. The van der Waals surface area contributed by atoms with Crippen LogP contribution in [0.25, 0.3) is 0 Å². The average molecular weight is 239 g/mol. The number of halogens is 1. The largest absolute Gasteiger partial charge is 0.382 e. The van der Waals surface area contributed by atoms with Crippen molar-refractivity contribution in [2.45, 2.75) is 38.8 Å². The second-order valence-corrected chi connectivity index (χ2v) is 4.47. The van der Waals surface area contributed by atoms with E-state index in [1.54, 1.807) is 13.2 Å². The molecule has 0 heterocycles. The van der Waals surface area contributed by atoms with Crippen LogP contribution in [0, 0.1) is 12.7 Å². The van der Waals surface area contributed by atoms with Crippen molar-refractivity contribution in [2.75, 3.05) is 14.2 Å². The SMILES string of the molecule is CNC(CCC(C)OC)c1ccc(F)cc1C. The molecule has 2 nitrogen and oxygen atoms in total. The molecule has 0 aliphatic rings. The van der Waals surface area contributed by atoms with E-state index in [-0.39, 0.29) is 18.0 Å². The summed E-state index contributed by atoms with van der Waals surface area (Å²) in [6.07, 6.45) is 2.23. The average Bonchev–Trinajstić information content (AvgIpc) is 2.31. The molecule has 1 rings (SSSR count). The van der Waals surface area contributed by atoms with Gasteiger partial charge in [0.05, 0.1) is 6.10 Å². The van der Waals surface area contributed by atoms with E-state index in [1.807, 2.05) is 20.0 Å². The van der Waals surface area contributed by atoms with Crippen molar-refractivity contribution in [1.82, 2.24) is 5.32 Å². The van der Waals surface area contributed by atoms with E-state index in [4.69, 9.17) is 4.74 Å². The molecule has 1 N–H and O–H groups in total. The fourth-order valence-corrected chi connectivity index (χ4v) is 2.00. The zero-order chi connectivity index (χ0) is 12.8. The molecule has 0 aliphatic carbocycles. The zero-order valence-corrected chi connectivity index (χ0v) is 11.1. The zero-order valence-electron chi connectivity index (χ0n) is 11.1. The Bertz CT molecular complexity index is 354. The summed E-state index contributed by atoms with van der Waals surface area (Å²) in [6, 6.07) is 5.23. The fourth-order valence-electron chi connectivity index (χ4n) is 2.00. The molecule has 1 aromatic rings. The van der Waals surface area contributed by atoms with E-state index in [2.05, 4.69) is 12.2 Å². The molecule has 1 aromatic carbocycles. The van der Waals surface area contributed by atoms with E-state index in [9.17, 15) is 4.39 Å². The van der Waals surface area contributed by atoms with Gasteiger partial charge in [-0.1, -0.05) is 6.07 Å². The van der Waals surface area contributed by atoms with Gasteiger partial charge in [0.2, 0.25) is 0 Å². The van der Waals surface area contributed by atoms with Crippen molar-refractivity contribution < 1.29 is 9.13 Å². The molecule has 0 saturated carbocycles. The van der Waals surface area contributed by atoms with Gasteiger partial charge in [0.15, 0.2) is 0 Å². The van der Waals surface area contributed by atoms with Gasteiger partial charge in [-0.15, -0.1) is 0 Å². The van der Waals surface area contributed by atoms with E-state index in [0.29, 0.717) is 0 Å². The van der Waals surface area contributed by atoms with Crippen LogP contribution in [-0.4, -0.2) is 20.3 Å². The summed E-state index contributed by atoms with van der Waals surface area (Å²) in [4.78, 5) is 0. The monoisotopic (exact) mass is 239 g/mol. The lowest BCUT2D eigenvalue weighted by atomic mass is 9.96. The molecule has 96 valence electrons. The van der Waals surface area contributed by atoms with Crippen molar-refractivity contribution in [3.8, 4) is 0 Å². The second-order valence-electron chi connectivity index (χ2n) is 4.47.